The van der Waals surface area contributed by atoms with Crippen LogP contribution in [0.5, 0.6) is 0 Å². The van der Waals surface area contributed by atoms with Gasteiger partial charge in [0.1, 0.15) is 5.76 Å². The fourth-order valence-corrected chi connectivity index (χ4v) is 5.37. The van der Waals surface area contributed by atoms with Crippen LogP contribution in [-0.2, 0) is 16.6 Å². The zero-order valence-corrected chi connectivity index (χ0v) is 13.4. The number of piperidine rings is 2. The van der Waals surface area contributed by atoms with E-state index in [2.05, 4.69) is 4.90 Å². The first-order valence-electron chi connectivity index (χ1n) is 7.72. The van der Waals surface area contributed by atoms with Gasteiger partial charge in [-0.05, 0) is 44.4 Å². The first kappa shape index (κ1) is 15.1. The molecule has 21 heavy (non-hydrogen) atoms. The predicted octanol–water partition coefficient (Wildman–Crippen LogP) is 2.06. The molecule has 0 bridgehead atoms. The average molecular weight is 312 g/mol. The largest absolute Gasteiger partial charge is 0.468 e. The van der Waals surface area contributed by atoms with Crippen LogP contribution in [-0.4, -0.2) is 49.1 Å². The van der Waals surface area contributed by atoms with Gasteiger partial charge in [0, 0.05) is 18.6 Å². The van der Waals surface area contributed by atoms with Gasteiger partial charge in [0.15, 0.2) is 0 Å². The highest BCUT2D eigenvalue weighted by atomic mass is 32.2. The Morgan fingerprint density at radius 2 is 2.05 bits per heavy atom. The van der Waals surface area contributed by atoms with Crippen LogP contribution in [0.3, 0.4) is 0 Å². The van der Waals surface area contributed by atoms with Crippen molar-refractivity contribution in [1.82, 2.24) is 9.21 Å². The lowest BCUT2D eigenvalue weighted by Gasteiger charge is -2.50. The fourth-order valence-electron chi connectivity index (χ4n) is 3.96. The van der Waals surface area contributed by atoms with Gasteiger partial charge in [0.25, 0.3) is 0 Å². The molecule has 1 spiro atoms. The SMILES string of the molecule is CS(=O)(=O)N1CCCC[C@@]12CCCN(Cc1ccco1)C2. The second-order valence-electron chi connectivity index (χ2n) is 6.41. The molecule has 0 aromatic carbocycles. The number of likely N-dealkylation sites (tertiary alicyclic amines) is 1. The molecule has 5 nitrogen and oxygen atoms in total. The van der Waals surface area contributed by atoms with Gasteiger partial charge >= 0.3 is 0 Å². The van der Waals surface area contributed by atoms with Crippen molar-refractivity contribution in [2.45, 2.75) is 44.2 Å². The molecule has 1 aromatic rings. The smallest absolute Gasteiger partial charge is 0.211 e. The van der Waals surface area contributed by atoms with E-state index in [1.807, 2.05) is 12.1 Å². The molecule has 118 valence electrons. The Bertz CT molecular complexity index is 566. The molecule has 0 saturated carbocycles. The second-order valence-corrected chi connectivity index (χ2v) is 8.32. The van der Waals surface area contributed by atoms with Crippen molar-refractivity contribution in [3.63, 3.8) is 0 Å². The highest BCUT2D eigenvalue weighted by molar-refractivity contribution is 7.88. The summed E-state index contributed by atoms with van der Waals surface area (Å²) in [5, 5.41) is 0. The zero-order valence-electron chi connectivity index (χ0n) is 12.6. The third-order valence-corrected chi connectivity index (χ3v) is 6.15. The molecule has 2 aliphatic rings. The quantitative estimate of drug-likeness (QED) is 0.857. The van der Waals surface area contributed by atoms with Crippen molar-refractivity contribution in [3.8, 4) is 0 Å². The van der Waals surface area contributed by atoms with Crippen molar-refractivity contribution < 1.29 is 12.8 Å². The zero-order chi connectivity index (χ0) is 14.9. The molecule has 0 radical (unpaired) electrons. The normalized spacial score (nSPS) is 29.0. The molecule has 1 aromatic heterocycles. The molecule has 0 N–H and O–H groups in total. The summed E-state index contributed by atoms with van der Waals surface area (Å²) in [4.78, 5) is 2.34. The van der Waals surface area contributed by atoms with E-state index in [4.69, 9.17) is 4.42 Å². The standard InChI is InChI=1S/C15H24N2O3S/c1-21(18,19)17-10-3-2-7-15(17)8-5-9-16(13-15)12-14-6-4-11-20-14/h4,6,11H,2-3,5,7-10,12-13H2,1H3/t15-/m0/s1. The maximum absolute atomic E-state index is 12.2. The summed E-state index contributed by atoms with van der Waals surface area (Å²) in [5.41, 5.74) is -0.198. The van der Waals surface area contributed by atoms with Gasteiger partial charge in [-0.1, -0.05) is 6.42 Å². The third-order valence-electron chi connectivity index (χ3n) is 4.78. The lowest BCUT2D eigenvalue weighted by Crippen LogP contribution is -2.61. The number of hydrogen-bond acceptors (Lipinski definition) is 4. The molecular weight excluding hydrogens is 288 g/mol. The summed E-state index contributed by atoms with van der Waals surface area (Å²) < 4.78 is 31.6. The number of furan rings is 1. The highest BCUT2D eigenvalue weighted by Crippen LogP contribution is 2.38. The summed E-state index contributed by atoms with van der Waals surface area (Å²) >= 11 is 0. The third kappa shape index (κ3) is 3.17. The molecular formula is C15H24N2O3S. The van der Waals surface area contributed by atoms with E-state index in [1.165, 1.54) is 6.26 Å². The molecule has 0 aliphatic carbocycles. The molecule has 2 saturated heterocycles. The van der Waals surface area contributed by atoms with Crippen LogP contribution in [0.25, 0.3) is 0 Å². The summed E-state index contributed by atoms with van der Waals surface area (Å²) in [5.74, 6) is 0.953. The monoisotopic (exact) mass is 312 g/mol. The Hall–Kier alpha value is -0.850. The van der Waals surface area contributed by atoms with Crippen LogP contribution in [0, 0.1) is 0 Å². The van der Waals surface area contributed by atoms with E-state index in [0.717, 1.165) is 57.5 Å². The van der Waals surface area contributed by atoms with Gasteiger partial charge in [-0.3, -0.25) is 4.90 Å². The Morgan fingerprint density at radius 3 is 2.76 bits per heavy atom. The Labute approximate surface area is 127 Å². The van der Waals surface area contributed by atoms with Gasteiger partial charge in [0.2, 0.25) is 10.0 Å². The van der Waals surface area contributed by atoms with Gasteiger partial charge in [-0.2, -0.15) is 4.31 Å². The summed E-state index contributed by atoms with van der Waals surface area (Å²) in [7, 11) is -3.14. The van der Waals surface area contributed by atoms with Crippen LogP contribution >= 0.6 is 0 Å². The highest BCUT2D eigenvalue weighted by Gasteiger charge is 2.46. The van der Waals surface area contributed by atoms with Crippen LogP contribution in [0.2, 0.25) is 0 Å². The van der Waals surface area contributed by atoms with Crippen molar-refractivity contribution in [2.75, 3.05) is 25.9 Å². The van der Waals surface area contributed by atoms with E-state index >= 15 is 0 Å². The van der Waals surface area contributed by atoms with E-state index in [9.17, 15) is 8.42 Å². The molecule has 2 aliphatic heterocycles. The molecule has 6 heteroatoms. The Morgan fingerprint density at radius 1 is 1.24 bits per heavy atom. The van der Waals surface area contributed by atoms with Gasteiger partial charge in [0.05, 0.1) is 19.1 Å². The summed E-state index contributed by atoms with van der Waals surface area (Å²) in [6.07, 6.45) is 8.16. The fraction of sp³-hybridized carbons (Fsp3) is 0.733. The van der Waals surface area contributed by atoms with Gasteiger partial charge < -0.3 is 4.42 Å². The second kappa shape index (κ2) is 5.74. The van der Waals surface area contributed by atoms with Crippen molar-refractivity contribution in [1.29, 1.82) is 0 Å². The topological polar surface area (TPSA) is 53.8 Å². The van der Waals surface area contributed by atoms with Crippen molar-refractivity contribution in [3.05, 3.63) is 24.2 Å². The summed E-state index contributed by atoms with van der Waals surface area (Å²) in [6.45, 7) is 3.28. The first-order valence-corrected chi connectivity index (χ1v) is 9.57. The van der Waals surface area contributed by atoms with Crippen LogP contribution in [0.4, 0.5) is 0 Å². The Balaban J connectivity index is 1.79. The van der Waals surface area contributed by atoms with E-state index < -0.39 is 10.0 Å². The molecule has 1 atom stereocenters. The average Bonchev–Trinajstić information content (AvgIpc) is 2.91. The molecule has 0 amide bonds. The predicted molar refractivity (Wildman–Crippen MR) is 81.4 cm³/mol. The van der Waals surface area contributed by atoms with Crippen molar-refractivity contribution in [2.24, 2.45) is 0 Å². The molecule has 0 unspecified atom stereocenters. The maximum atomic E-state index is 12.2. The minimum atomic E-state index is -3.14. The first-order chi connectivity index (χ1) is 10.00. The number of hydrogen-bond donors (Lipinski definition) is 0. The number of sulfonamides is 1. The molecule has 3 rings (SSSR count). The maximum Gasteiger partial charge on any atom is 0.211 e. The van der Waals surface area contributed by atoms with E-state index in [-0.39, 0.29) is 5.54 Å². The van der Waals surface area contributed by atoms with Crippen molar-refractivity contribution >= 4 is 10.0 Å². The number of nitrogens with zero attached hydrogens (tertiary/aromatic N) is 2. The molecule has 2 fully saturated rings. The Kier molecular flexibility index (Phi) is 4.12. The van der Waals surface area contributed by atoms with Crippen LogP contribution in [0.1, 0.15) is 37.9 Å². The lowest BCUT2D eigenvalue weighted by atomic mass is 9.81. The van der Waals surface area contributed by atoms with E-state index in [0.29, 0.717) is 6.54 Å². The van der Waals surface area contributed by atoms with Crippen LogP contribution in [0.15, 0.2) is 22.8 Å². The van der Waals surface area contributed by atoms with Gasteiger partial charge in [-0.15, -0.1) is 0 Å². The molecule has 3 heterocycles. The lowest BCUT2D eigenvalue weighted by molar-refractivity contribution is 0.0310. The van der Waals surface area contributed by atoms with Gasteiger partial charge in [-0.25, -0.2) is 8.42 Å². The van der Waals surface area contributed by atoms with E-state index in [1.54, 1.807) is 10.6 Å². The minimum absolute atomic E-state index is 0.198. The minimum Gasteiger partial charge on any atom is -0.468 e. The number of rotatable bonds is 3. The van der Waals surface area contributed by atoms with Crippen LogP contribution < -0.4 is 0 Å². The summed E-state index contributed by atoms with van der Waals surface area (Å²) in [6, 6.07) is 3.88.